The first-order valence-electron chi connectivity index (χ1n) is 11.9. The average Bonchev–Trinajstić information content (AvgIpc) is 3.35. The summed E-state index contributed by atoms with van der Waals surface area (Å²) in [4.78, 5) is 31.5. The maximum absolute atomic E-state index is 12.7. The fraction of sp³-hybridized carbons (Fsp3) is 0.500. The molecule has 4 rings (SSSR count). The second-order valence-electron chi connectivity index (χ2n) is 9.41. The van der Waals surface area contributed by atoms with E-state index in [0.717, 1.165) is 79.9 Å². The van der Waals surface area contributed by atoms with Gasteiger partial charge < -0.3 is 16.0 Å². The molecule has 0 bridgehead atoms. The van der Waals surface area contributed by atoms with Gasteiger partial charge >= 0.3 is 0 Å². The van der Waals surface area contributed by atoms with Crippen LogP contribution in [-0.4, -0.2) is 40.8 Å². The van der Waals surface area contributed by atoms with Crippen LogP contribution in [-0.2, 0) is 16.0 Å². The van der Waals surface area contributed by atoms with Crippen molar-refractivity contribution in [1.29, 1.82) is 0 Å². The molecule has 6 nitrogen and oxygen atoms in total. The standard InChI is InChI=1S/C26H34N4O2.2ClH/c1-18-4-6-20(7-5-18)25(27)26(32)29-22-10-8-19(9-11-22)23-12-13-28-17-21(23)16-24(31)30-14-2-3-15-30;;/h8-13,17-18,20,25H,2-7,14-16,27H2,1H3,(H,29,32);2*1H. The maximum atomic E-state index is 12.7. The molecule has 186 valence electrons. The van der Waals surface area contributed by atoms with Crippen LogP contribution in [0.25, 0.3) is 11.1 Å². The predicted octanol–water partition coefficient (Wildman–Crippen LogP) is 4.85. The first kappa shape index (κ1) is 28.1. The monoisotopic (exact) mass is 506 g/mol. The number of nitrogens with one attached hydrogen (secondary N) is 1. The number of nitrogens with zero attached hydrogens (tertiary/aromatic N) is 2. The van der Waals surface area contributed by atoms with Crippen molar-refractivity contribution in [2.75, 3.05) is 18.4 Å². The van der Waals surface area contributed by atoms with Gasteiger partial charge in [0.25, 0.3) is 0 Å². The van der Waals surface area contributed by atoms with Crippen molar-refractivity contribution in [3.63, 3.8) is 0 Å². The number of halogens is 2. The van der Waals surface area contributed by atoms with Gasteiger partial charge in [0.05, 0.1) is 12.5 Å². The van der Waals surface area contributed by atoms with Gasteiger partial charge in [-0.3, -0.25) is 14.6 Å². The number of pyridine rings is 1. The maximum Gasteiger partial charge on any atom is 0.241 e. The summed E-state index contributed by atoms with van der Waals surface area (Å²) in [6.45, 7) is 3.97. The third-order valence-electron chi connectivity index (χ3n) is 7.04. The Morgan fingerprint density at radius 3 is 2.35 bits per heavy atom. The van der Waals surface area contributed by atoms with Gasteiger partial charge in [-0.05, 0) is 72.4 Å². The first-order valence-corrected chi connectivity index (χ1v) is 11.9. The number of hydrogen-bond donors (Lipinski definition) is 2. The van der Waals surface area contributed by atoms with Crippen molar-refractivity contribution in [2.45, 2.75) is 57.9 Å². The molecule has 1 saturated heterocycles. The summed E-state index contributed by atoms with van der Waals surface area (Å²) in [5, 5.41) is 2.98. The van der Waals surface area contributed by atoms with Crippen molar-refractivity contribution in [3.05, 3.63) is 48.3 Å². The van der Waals surface area contributed by atoms with Gasteiger partial charge in [0.15, 0.2) is 0 Å². The zero-order valence-corrected chi connectivity index (χ0v) is 21.4. The molecule has 1 saturated carbocycles. The van der Waals surface area contributed by atoms with Crippen LogP contribution in [0.1, 0.15) is 51.0 Å². The Morgan fingerprint density at radius 2 is 1.71 bits per heavy atom. The van der Waals surface area contributed by atoms with Gasteiger partial charge in [0, 0.05) is 31.2 Å². The number of nitrogens with two attached hydrogens (primary N) is 1. The molecular weight excluding hydrogens is 471 g/mol. The topological polar surface area (TPSA) is 88.3 Å². The normalized spacial score (nSPS) is 20.6. The van der Waals surface area contributed by atoms with E-state index < -0.39 is 6.04 Å². The minimum absolute atomic E-state index is 0. The number of likely N-dealkylation sites (tertiary alicyclic amines) is 1. The number of carbonyl (C=O) groups is 2. The molecule has 2 amide bonds. The Hall–Kier alpha value is -2.15. The summed E-state index contributed by atoms with van der Waals surface area (Å²) in [5.41, 5.74) is 9.93. The molecule has 2 fully saturated rings. The van der Waals surface area contributed by atoms with E-state index in [1.165, 1.54) is 0 Å². The number of aromatic nitrogens is 1. The van der Waals surface area contributed by atoms with E-state index in [9.17, 15) is 9.59 Å². The van der Waals surface area contributed by atoms with Crippen LogP contribution in [0.3, 0.4) is 0 Å². The lowest BCUT2D eigenvalue weighted by Gasteiger charge is -2.29. The van der Waals surface area contributed by atoms with E-state index in [1.807, 2.05) is 35.2 Å². The van der Waals surface area contributed by atoms with Crippen LogP contribution in [0.4, 0.5) is 5.69 Å². The Kier molecular flexibility index (Phi) is 10.8. The molecule has 2 aromatic rings. The molecule has 8 heteroatoms. The number of carbonyl (C=O) groups excluding carboxylic acids is 2. The Balaban J connectivity index is 0.00000204. The summed E-state index contributed by atoms with van der Waals surface area (Å²) in [7, 11) is 0. The summed E-state index contributed by atoms with van der Waals surface area (Å²) < 4.78 is 0. The van der Waals surface area contributed by atoms with Crippen LogP contribution < -0.4 is 11.1 Å². The minimum Gasteiger partial charge on any atom is -0.342 e. The molecule has 34 heavy (non-hydrogen) atoms. The van der Waals surface area contributed by atoms with Crippen LogP contribution in [0.2, 0.25) is 0 Å². The second-order valence-corrected chi connectivity index (χ2v) is 9.41. The van der Waals surface area contributed by atoms with Gasteiger partial charge in [-0.15, -0.1) is 24.8 Å². The van der Waals surface area contributed by atoms with E-state index in [4.69, 9.17) is 5.73 Å². The van der Waals surface area contributed by atoms with Crippen LogP contribution in [0, 0.1) is 11.8 Å². The van der Waals surface area contributed by atoms with Gasteiger partial charge in [-0.25, -0.2) is 0 Å². The van der Waals surface area contributed by atoms with Crippen LogP contribution in [0.5, 0.6) is 0 Å². The van der Waals surface area contributed by atoms with Crippen molar-refractivity contribution in [2.24, 2.45) is 17.6 Å². The largest absolute Gasteiger partial charge is 0.342 e. The molecule has 0 radical (unpaired) electrons. The Labute approximate surface area is 214 Å². The van der Waals surface area contributed by atoms with Crippen molar-refractivity contribution < 1.29 is 9.59 Å². The highest BCUT2D eigenvalue weighted by Crippen LogP contribution is 2.30. The molecule has 1 unspecified atom stereocenters. The lowest BCUT2D eigenvalue weighted by Crippen LogP contribution is -2.43. The quantitative estimate of drug-likeness (QED) is 0.585. The minimum atomic E-state index is -0.467. The number of hydrogen-bond acceptors (Lipinski definition) is 4. The fourth-order valence-corrected chi connectivity index (χ4v) is 4.91. The van der Waals surface area contributed by atoms with Gasteiger partial charge in [-0.2, -0.15) is 0 Å². The lowest BCUT2D eigenvalue weighted by atomic mass is 9.79. The highest BCUT2D eigenvalue weighted by molar-refractivity contribution is 5.95. The zero-order chi connectivity index (χ0) is 22.5. The van der Waals surface area contributed by atoms with E-state index in [-0.39, 0.29) is 42.5 Å². The first-order chi connectivity index (χ1) is 15.5. The number of anilines is 1. The zero-order valence-electron chi connectivity index (χ0n) is 19.7. The number of amides is 2. The highest BCUT2D eigenvalue weighted by atomic mass is 35.5. The van der Waals surface area contributed by atoms with Gasteiger partial charge in [-0.1, -0.05) is 31.9 Å². The number of rotatable bonds is 6. The summed E-state index contributed by atoms with van der Waals surface area (Å²) in [6, 6.07) is 9.22. The molecule has 1 aliphatic heterocycles. The van der Waals surface area contributed by atoms with E-state index in [0.29, 0.717) is 6.42 Å². The predicted molar refractivity (Wildman–Crippen MR) is 141 cm³/mol. The van der Waals surface area contributed by atoms with Crippen molar-refractivity contribution in [1.82, 2.24) is 9.88 Å². The average molecular weight is 508 g/mol. The van der Waals surface area contributed by atoms with Crippen LogP contribution in [0.15, 0.2) is 42.7 Å². The second kappa shape index (κ2) is 13.1. The molecule has 1 atom stereocenters. The van der Waals surface area contributed by atoms with Gasteiger partial charge in [0.1, 0.15) is 0 Å². The third-order valence-corrected chi connectivity index (χ3v) is 7.04. The highest BCUT2D eigenvalue weighted by Gasteiger charge is 2.28. The molecule has 3 N–H and O–H groups in total. The fourth-order valence-electron chi connectivity index (χ4n) is 4.91. The van der Waals surface area contributed by atoms with Crippen molar-refractivity contribution >= 4 is 42.3 Å². The summed E-state index contributed by atoms with van der Waals surface area (Å²) in [6.07, 6.45) is 10.4. The molecule has 2 aliphatic rings. The molecule has 2 heterocycles. The van der Waals surface area contributed by atoms with E-state index in [1.54, 1.807) is 12.4 Å². The summed E-state index contributed by atoms with van der Waals surface area (Å²) >= 11 is 0. The Morgan fingerprint density at radius 1 is 1.06 bits per heavy atom. The SMILES string of the molecule is CC1CCC(C(N)C(=O)Nc2ccc(-c3ccncc3CC(=O)N3CCCC3)cc2)CC1.Cl.Cl. The summed E-state index contributed by atoms with van der Waals surface area (Å²) in [5.74, 6) is 1.04. The van der Waals surface area contributed by atoms with E-state index >= 15 is 0 Å². The Bertz CT molecular complexity index is 940. The van der Waals surface area contributed by atoms with Crippen LogP contribution >= 0.6 is 24.8 Å². The lowest BCUT2D eigenvalue weighted by molar-refractivity contribution is -0.129. The molecule has 1 aromatic heterocycles. The molecule has 0 spiro atoms. The van der Waals surface area contributed by atoms with Crippen molar-refractivity contribution in [3.8, 4) is 11.1 Å². The molecule has 1 aromatic carbocycles. The molecular formula is C26H36Cl2N4O2. The number of benzene rings is 1. The third kappa shape index (κ3) is 6.94. The molecule has 1 aliphatic carbocycles. The smallest absolute Gasteiger partial charge is 0.241 e. The van der Waals surface area contributed by atoms with Gasteiger partial charge in [0.2, 0.25) is 11.8 Å². The van der Waals surface area contributed by atoms with E-state index in [2.05, 4.69) is 17.2 Å².